The van der Waals surface area contributed by atoms with Crippen molar-refractivity contribution in [3.63, 3.8) is 0 Å². The topological polar surface area (TPSA) is 99.4 Å². The first kappa shape index (κ1) is 21.8. The summed E-state index contributed by atoms with van der Waals surface area (Å²) < 4.78 is 70.3. The Bertz CT molecular complexity index is 1150. The van der Waals surface area contributed by atoms with E-state index in [2.05, 4.69) is 20.3 Å². The number of aromatic nitrogens is 3. The van der Waals surface area contributed by atoms with E-state index >= 15 is 0 Å². The van der Waals surface area contributed by atoms with Gasteiger partial charge in [-0.2, -0.15) is 4.98 Å². The lowest BCUT2D eigenvalue weighted by molar-refractivity contribution is -0.119. The highest BCUT2D eigenvalue weighted by atomic mass is 19.3. The van der Waals surface area contributed by atoms with Crippen LogP contribution < -0.4 is 14.8 Å². The summed E-state index contributed by atoms with van der Waals surface area (Å²) in [6, 6.07) is 1.53. The molecule has 1 fully saturated rings. The number of benzene rings is 1. The number of halogens is 4. The molecule has 3 aromatic rings. The smallest absolute Gasteiger partial charge is 0.319 e. The maximum absolute atomic E-state index is 14.3. The van der Waals surface area contributed by atoms with Crippen LogP contribution >= 0.6 is 0 Å². The predicted octanol–water partition coefficient (Wildman–Crippen LogP) is 3.50. The molecule has 1 aliphatic carbocycles. The Morgan fingerprint density at radius 3 is 2.59 bits per heavy atom. The summed E-state index contributed by atoms with van der Waals surface area (Å²) in [4.78, 5) is 23.1. The third-order valence-electron chi connectivity index (χ3n) is 4.67. The molecule has 2 aromatic heterocycles. The first-order valence-corrected chi connectivity index (χ1v) is 9.66. The second-order valence-electron chi connectivity index (χ2n) is 7.52. The molecule has 32 heavy (non-hydrogen) atoms. The van der Waals surface area contributed by atoms with Crippen molar-refractivity contribution in [1.82, 2.24) is 20.3 Å². The molecule has 1 amide bonds. The van der Waals surface area contributed by atoms with Crippen molar-refractivity contribution in [3.05, 3.63) is 30.0 Å². The van der Waals surface area contributed by atoms with Crippen LogP contribution in [0.3, 0.4) is 0 Å². The number of ether oxygens (including phenoxy) is 2. The number of nitrogens with zero attached hydrogens (tertiary/aromatic N) is 3. The molecule has 1 aromatic carbocycles. The van der Waals surface area contributed by atoms with Gasteiger partial charge in [0.25, 0.3) is 11.6 Å². The standard InChI is InChI=1S/C20H18F4N4O4/c1-9(26-10(2)29)7-31-19-25-6-15-18(28-19)32-17(27-15)11-3-13(21)16(14(22)4-11)30-8-12-5-20(12,23)24/h3-4,6,9,12H,5,7-8H2,1-2H3,(H,26,29)/t9-,12+/m0/s1. The van der Waals surface area contributed by atoms with Gasteiger partial charge in [0.05, 0.1) is 24.8 Å². The monoisotopic (exact) mass is 454 g/mol. The lowest BCUT2D eigenvalue weighted by atomic mass is 10.2. The molecule has 2 atom stereocenters. The highest BCUT2D eigenvalue weighted by Gasteiger charge is 2.57. The van der Waals surface area contributed by atoms with Crippen molar-refractivity contribution in [2.75, 3.05) is 13.2 Å². The van der Waals surface area contributed by atoms with Crippen LogP contribution in [0.1, 0.15) is 20.3 Å². The van der Waals surface area contributed by atoms with Crippen LogP contribution in [0, 0.1) is 17.6 Å². The molecule has 0 aliphatic heterocycles. The molecule has 0 bridgehead atoms. The summed E-state index contributed by atoms with van der Waals surface area (Å²) in [6.45, 7) is 2.74. The molecule has 0 saturated heterocycles. The number of nitrogens with one attached hydrogen (secondary N) is 1. The molecular weight excluding hydrogens is 436 g/mol. The summed E-state index contributed by atoms with van der Waals surface area (Å²) in [5.74, 6) is -7.13. The van der Waals surface area contributed by atoms with Crippen molar-refractivity contribution in [2.45, 2.75) is 32.2 Å². The molecular formula is C20H18F4N4O4. The fourth-order valence-electron chi connectivity index (χ4n) is 2.96. The third kappa shape index (κ3) is 4.73. The van der Waals surface area contributed by atoms with E-state index in [9.17, 15) is 22.4 Å². The molecule has 1 aliphatic rings. The van der Waals surface area contributed by atoms with Crippen LogP contribution in [0.2, 0.25) is 0 Å². The predicted molar refractivity (Wildman–Crippen MR) is 102 cm³/mol. The Hall–Kier alpha value is -3.44. The van der Waals surface area contributed by atoms with Crippen molar-refractivity contribution >= 4 is 17.1 Å². The van der Waals surface area contributed by atoms with E-state index in [1.165, 1.54) is 13.1 Å². The highest BCUT2D eigenvalue weighted by molar-refractivity contribution is 5.73. The Labute approximate surface area is 179 Å². The van der Waals surface area contributed by atoms with Gasteiger partial charge in [-0.3, -0.25) is 4.79 Å². The van der Waals surface area contributed by atoms with Gasteiger partial charge in [-0.15, -0.1) is 0 Å². The van der Waals surface area contributed by atoms with Crippen LogP contribution in [0.15, 0.2) is 22.7 Å². The van der Waals surface area contributed by atoms with Crippen LogP contribution in [0.4, 0.5) is 17.6 Å². The number of fused-ring (bicyclic) bond motifs is 1. The Balaban J connectivity index is 1.48. The van der Waals surface area contributed by atoms with Crippen molar-refractivity contribution in [3.8, 4) is 23.2 Å². The van der Waals surface area contributed by atoms with Gasteiger partial charge >= 0.3 is 6.01 Å². The molecule has 12 heteroatoms. The van der Waals surface area contributed by atoms with E-state index in [0.29, 0.717) is 0 Å². The third-order valence-corrected chi connectivity index (χ3v) is 4.67. The quantitative estimate of drug-likeness (QED) is 0.520. The summed E-state index contributed by atoms with van der Waals surface area (Å²) in [5.41, 5.74) is 0.206. The average molecular weight is 454 g/mol. The van der Waals surface area contributed by atoms with Crippen molar-refractivity contribution in [1.29, 1.82) is 0 Å². The number of alkyl halides is 2. The SMILES string of the molecule is CC(=O)N[C@@H](C)COc1ncc2nc(-c3cc(F)c(OC[C@H]4CC4(F)F)c(F)c3)oc2n1. The van der Waals surface area contributed by atoms with E-state index < -0.39 is 35.8 Å². The minimum absolute atomic E-state index is 0.0225. The molecule has 0 spiro atoms. The van der Waals surface area contributed by atoms with Crippen LogP contribution in [0.25, 0.3) is 22.7 Å². The zero-order valence-corrected chi connectivity index (χ0v) is 17.0. The van der Waals surface area contributed by atoms with E-state index in [4.69, 9.17) is 13.9 Å². The number of oxazole rings is 1. The van der Waals surface area contributed by atoms with Crippen molar-refractivity contribution in [2.24, 2.45) is 5.92 Å². The van der Waals surface area contributed by atoms with Crippen LogP contribution in [-0.4, -0.2) is 46.0 Å². The summed E-state index contributed by atoms with van der Waals surface area (Å²) in [7, 11) is 0. The largest absolute Gasteiger partial charge is 0.487 e. The first-order valence-electron chi connectivity index (χ1n) is 9.66. The van der Waals surface area contributed by atoms with Gasteiger partial charge in [0.1, 0.15) is 12.1 Å². The number of hydrogen-bond acceptors (Lipinski definition) is 7. The Morgan fingerprint density at radius 2 is 1.97 bits per heavy atom. The van der Waals surface area contributed by atoms with E-state index in [0.717, 1.165) is 12.1 Å². The number of carbonyl (C=O) groups excluding carboxylic acids is 1. The maximum atomic E-state index is 14.3. The zero-order chi connectivity index (χ0) is 23.0. The fraction of sp³-hybridized carbons (Fsp3) is 0.400. The summed E-state index contributed by atoms with van der Waals surface area (Å²) in [6.07, 6.45) is 0.948. The molecule has 0 unspecified atom stereocenters. The summed E-state index contributed by atoms with van der Waals surface area (Å²) >= 11 is 0. The second-order valence-corrected chi connectivity index (χ2v) is 7.52. The van der Waals surface area contributed by atoms with Gasteiger partial charge in [0.15, 0.2) is 17.4 Å². The molecule has 2 heterocycles. The average Bonchev–Trinajstić information content (AvgIpc) is 3.12. The van der Waals surface area contributed by atoms with Crippen LogP contribution in [0.5, 0.6) is 11.8 Å². The lowest BCUT2D eigenvalue weighted by Crippen LogP contribution is -2.35. The molecule has 1 saturated carbocycles. The Morgan fingerprint density at radius 1 is 1.28 bits per heavy atom. The highest BCUT2D eigenvalue weighted by Crippen LogP contribution is 2.48. The van der Waals surface area contributed by atoms with E-state index in [-0.39, 0.29) is 53.7 Å². The molecule has 170 valence electrons. The zero-order valence-electron chi connectivity index (χ0n) is 17.0. The van der Waals surface area contributed by atoms with Crippen LogP contribution in [-0.2, 0) is 4.79 Å². The first-order chi connectivity index (χ1) is 15.1. The van der Waals surface area contributed by atoms with Crippen molar-refractivity contribution < 1.29 is 36.2 Å². The normalized spacial score (nSPS) is 17.8. The lowest BCUT2D eigenvalue weighted by Gasteiger charge is -2.12. The van der Waals surface area contributed by atoms with Gasteiger partial charge < -0.3 is 19.2 Å². The molecule has 0 radical (unpaired) electrons. The van der Waals surface area contributed by atoms with Gasteiger partial charge in [-0.1, -0.05) is 0 Å². The molecule has 4 rings (SSSR count). The Kier molecular flexibility index (Phi) is 5.61. The second kappa shape index (κ2) is 8.24. The minimum Gasteiger partial charge on any atom is -0.487 e. The van der Waals surface area contributed by atoms with E-state index in [1.807, 2.05) is 0 Å². The number of carbonyl (C=O) groups is 1. The number of rotatable bonds is 8. The maximum Gasteiger partial charge on any atom is 0.319 e. The van der Waals surface area contributed by atoms with Gasteiger partial charge in [0, 0.05) is 18.9 Å². The number of amides is 1. The fourth-order valence-corrected chi connectivity index (χ4v) is 2.96. The van der Waals surface area contributed by atoms with Gasteiger partial charge in [0.2, 0.25) is 11.8 Å². The van der Waals surface area contributed by atoms with Gasteiger partial charge in [-0.25, -0.2) is 27.5 Å². The summed E-state index contributed by atoms with van der Waals surface area (Å²) in [5, 5.41) is 2.64. The molecule has 8 nitrogen and oxygen atoms in total. The minimum atomic E-state index is -2.85. The van der Waals surface area contributed by atoms with E-state index in [1.54, 1.807) is 6.92 Å². The number of hydrogen-bond donors (Lipinski definition) is 1. The molecule has 1 N–H and O–H groups in total. The van der Waals surface area contributed by atoms with Gasteiger partial charge in [-0.05, 0) is 19.1 Å².